The molecule has 0 aliphatic carbocycles. The Morgan fingerprint density at radius 1 is 1.05 bits per heavy atom. The van der Waals surface area contributed by atoms with Crippen LogP contribution in [-0.2, 0) is 16.2 Å². The van der Waals surface area contributed by atoms with Crippen molar-refractivity contribution in [1.29, 1.82) is 0 Å². The van der Waals surface area contributed by atoms with Crippen molar-refractivity contribution < 1.29 is 24.4 Å². The van der Waals surface area contributed by atoms with Gasteiger partial charge in [-0.05, 0) is 54.8 Å². The number of amides is 1. The summed E-state index contributed by atoms with van der Waals surface area (Å²) in [5.41, 5.74) is 2.26. The van der Waals surface area contributed by atoms with Gasteiger partial charge in [-0.3, -0.25) is 24.6 Å². The lowest BCUT2D eigenvalue weighted by atomic mass is 9.95. The van der Waals surface area contributed by atoms with Gasteiger partial charge in [0.15, 0.2) is 0 Å². The first-order valence-corrected chi connectivity index (χ1v) is 12.7. The van der Waals surface area contributed by atoms with Crippen molar-refractivity contribution in [2.45, 2.75) is 26.5 Å². The van der Waals surface area contributed by atoms with Crippen LogP contribution in [0.25, 0.3) is 5.76 Å². The molecule has 1 aliphatic rings. The van der Waals surface area contributed by atoms with Crippen molar-refractivity contribution >= 4 is 39.6 Å². The van der Waals surface area contributed by atoms with Crippen molar-refractivity contribution in [2.75, 3.05) is 4.90 Å². The van der Waals surface area contributed by atoms with Crippen LogP contribution in [0.2, 0.25) is 0 Å². The van der Waals surface area contributed by atoms with Crippen molar-refractivity contribution in [2.24, 2.45) is 0 Å². The minimum Gasteiger partial charge on any atom is -0.507 e. The second-order valence-corrected chi connectivity index (χ2v) is 10.0. The molecule has 0 spiro atoms. The number of hydrogen-bond acceptors (Lipinski definition) is 9. The lowest BCUT2D eigenvalue weighted by Crippen LogP contribution is -2.29. The Morgan fingerprint density at radius 2 is 1.79 bits per heavy atom. The van der Waals surface area contributed by atoms with E-state index in [1.165, 1.54) is 18.2 Å². The number of aromatic nitrogens is 2. The average Bonchev–Trinajstić information content (AvgIpc) is 3.48. The number of carbonyl (C=O) groups excluding carboxylic acids is 2. The topological polar surface area (TPSA) is 136 Å². The minimum atomic E-state index is -1.14. The molecule has 11 heteroatoms. The molecule has 0 radical (unpaired) electrons. The first-order chi connectivity index (χ1) is 18.7. The lowest BCUT2D eigenvalue weighted by molar-refractivity contribution is -0.384. The highest BCUT2D eigenvalue weighted by molar-refractivity contribution is 7.15. The van der Waals surface area contributed by atoms with Crippen LogP contribution >= 0.6 is 11.3 Å². The highest BCUT2D eigenvalue weighted by Gasteiger charge is 2.48. The molecule has 1 aliphatic heterocycles. The maximum atomic E-state index is 13.3. The standard InChI is InChI=1S/C28H22N4O6S/c1-16-6-3-4-7-20(16)15-38-22-12-10-18(11-13-22)25(33)23-24(19-8-5-9-21(14-19)32(36)37)31(27(35)26(23)34)28-30-29-17(2)39-28/h3-14,24,33H,15H2,1-2H3/b25-23+. The molecule has 3 aromatic carbocycles. The minimum absolute atomic E-state index is 0.144. The van der Waals surface area contributed by atoms with E-state index in [1.807, 2.05) is 31.2 Å². The Bertz CT molecular complexity index is 1630. The maximum absolute atomic E-state index is 13.3. The summed E-state index contributed by atoms with van der Waals surface area (Å²) in [6, 6.07) is 18.8. The molecule has 4 aromatic rings. The van der Waals surface area contributed by atoms with Crippen LogP contribution in [0, 0.1) is 24.0 Å². The number of Topliss-reactive ketones (excluding diaryl/α,β-unsaturated/α-hetero) is 1. The van der Waals surface area contributed by atoms with Gasteiger partial charge < -0.3 is 9.84 Å². The van der Waals surface area contributed by atoms with Crippen LogP contribution in [-0.4, -0.2) is 31.9 Å². The van der Waals surface area contributed by atoms with Gasteiger partial charge in [0.05, 0.1) is 16.5 Å². The number of aryl methyl sites for hydroxylation is 2. The number of benzene rings is 3. The van der Waals surface area contributed by atoms with Crippen LogP contribution in [0.5, 0.6) is 5.75 Å². The fourth-order valence-electron chi connectivity index (χ4n) is 4.33. The number of aliphatic hydroxyl groups excluding tert-OH is 1. The number of non-ortho nitro benzene ring substituents is 1. The predicted octanol–water partition coefficient (Wildman–Crippen LogP) is 5.27. The Morgan fingerprint density at radius 3 is 2.46 bits per heavy atom. The molecule has 1 unspecified atom stereocenters. The number of rotatable bonds is 7. The normalized spacial score (nSPS) is 16.5. The lowest BCUT2D eigenvalue weighted by Gasteiger charge is -2.22. The number of carbonyl (C=O) groups is 2. The molecule has 1 saturated heterocycles. The third-order valence-electron chi connectivity index (χ3n) is 6.35. The highest BCUT2D eigenvalue weighted by atomic mass is 32.1. The first-order valence-electron chi connectivity index (χ1n) is 11.9. The highest BCUT2D eigenvalue weighted by Crippen LogP contribution is 2.43. The van der Waals surface area contributed by atoms with Gasteiger partial charge in [0.2, 0.25) is 5.13 Å². The van der Waals surface area contributed by atoms with Crippen molar-refractivity contribution in [3.05, 3.63) is 116 Å². The number of aliphatic hydroxyl groups is 1. The number of hydrogen-bond donors (Lipinski definition) is 1. The van der Waals surface area contributed by atoms with Crippen molar-refractivity contribution in [3.63, 3.8) is 0 Å². The molecule has 0 saturated carbocycles. The van der Waals surface area contributed by atoms with Gasteiger partial charge in [-0.1, -0.05) is 47.7 Å². The smallest absolute Gasteiger partial charge is 0.301 e. The van der Waals surface area contributed by atoms with Gasteiger partial charge >= 0.3 is 5.91 Å². The fraction of sp³-hybridized carbons (Fsp3) is 0.143. The number of nitro benzene ring substituents is 1. The molecule has 196 valence electrons. The number of nitrogens with zero attached hydrogens (tertiary/aromatic N) is 4. The second-order valence-electron chi connectivity index (χ2n) is 8.86. The fourth-order valence-corrected chi connectivity index (χ4v) is 5.05. The van der Waals surface area contributed by atoms with E-state index in [0.29, 0.717) is 17.4 Å². The molecule has 1 aromatic heterocycles. The molecule has 10 nitrogen and oxygen atoms in total. The zero-order valence-corrected chi connectivity index (χ0v) is 21.7. The SMILES string of the molecule is Cc1nnc(N2C(=O)C(=O)/C(=C(/O)c3ccc(OCc4ccccc4C)cc3)C2c2cccc([N+](=O)[O-])c2)s1. The molecule has 1 N–H and O–H groups in total. The third-order valence-corrected chi connectivity index (χ3v) is 7.18. The summed E-state index contributed by atoms with van der Waals surface area (Å²) in [4.78, 5) is 38.4. The number of anilines is 1. The van der Waals surface area contributed by atoms with E-state index in [0.717, 1.165) is 27.4 Å². The van der Waals surface area contributed by atoms with Gasteiger partial charge in [-0.25, -0.2) is 0 Å². The predicted molar refractivity (Wildman–Crippen MR) is 144 cm³/mol. The second kappa shape index (κ2) is 10.5. The van der Waals surface area contributed by atoms with Crippen LogP contribution in [0.3, 0.4) is 0 Å². The van der Waals surface area contributed by atoms with E-state index in [1.54, 1.807) is 37.3 Å². The van der Waals surface area contributed by atoms with Crippen molar-refractivity contribution in [1.82, 2.24) is 10.2 Å². The zero-order chi connectivity index (χ0) is 27.7. The van der Waals surface area contributed by atoms with E-state index >= 15 is 0 Å². The number of nitro groups is 1. The Hall–Kier alpha value is -4.90. The average molecular weight is 543 g/mol. The summed E-state index contributed by atoms with van der Waals surface area (Å²) >= 11 is 1.09. The molecule has 0 bridgehead atoms. The molecular formula is C28H22N4O6S. The summed E-state index contributed by atoms with van der Waals surface area (Å²) < 4.78 is 5.87. The van der Waals surface area contributed by atoms with Gasteiger partial charge in [-0.2, -0.15) is 0 Å². The number of ether oxygens (including phenoxy) is 1. The summed E-state index contributed by atoms with van der Waals surface area (Å²) in [6.07, 6.45) is 0. The molecular weight excluding hydrogens is 520 g/mol. The van der Waals surface area contributed by atoms with E-state index in [-0.39, 0.29) is 27.5 Å². The van der Waals surface area contributed by atoms with E-state index in [4.69, 9.17) is 4.74 Å². The summed E-state index contributed by atoms with van der Waals surface area (Å²) in [6.45, 7) is 4.05. The summed E-state index contributed by atoms with van der Waals surface area (Å²) in [5.74, 6) is -1.71. The van der Waals surface area contributed by atoms with E-state index in [2.05, 4.69) is 10.2 Å². The van der Waals surface area contributed by atoms with E-state index < -0.39 is 28.4 Å². The monoisotopic (exact) mass is 542 g/mol. The van der Waals surface area contributed by atoms with Crippen LogP contribution in [0.1, 0.15) is 33.3 Å². The largest absolute Gasteiger partial charge is 0.507 e. The Labute approximate surface area is 227 Å². The number of ketones is 1. The molecule has 1 atom stereocenters. The van der Waals surface area contributed by atoms with E-state index in [9.17, 15) is 24.8 Å². The van der Waals surface area contributed by atoms with Crippen LogP contribution in [0.15, 0.2) is 78.4 Å². The molecule has 5 rings (SSSR count). The quantitative estimate of drug-likeness (QED) is 0.110. The molecule has 39 heavy (non-hydrogen) atoms. The maximum Gasteiger partial charge on any atom is 0.301 e. The molecule has 1 fully saturated rings. The Balaban J connectivity index is 1.53. The molecule has 1 amide bonds. The van der Waals surface area contributed by atoms with Crippen LogP contribution < -0.4 is 9.64 Å². The van der Waals surface area contributed by atoms with Crippen LogP contribution in [0.4, 0.5) is 10.8 Å². The summed E-state index contributed by atoms with van der Waals surface area (Å²) in [7, 11) is 0. The van der Waals surface area contributed by atoms with Gasteiger partial charge in [0.25, 0.3) is 11.5 Å². The van der Waals surface area contributed by atoms with Gasteiger partial charge in [0, 0.05) is 17.7 Å². The molecule has 2 heterocycles. The van der Waals surface area contributed by atoms with Gasteiger partial charge in [0.1, 0.15) is 23.1 Å². The zero-order valence-electron chi connectivity index (χ0n) is 20.9. The van der Waals surface area contributed by atoms with Crippen molar-refractivity contribution in [3.8, 4) is 5.75 Å². The Kier molecular flexibility index (Phi) is 6.90. The third kappa shape index (κ3) is 4.99. The summed E-state index contributed by atoms with van der Waals surface area (Å²) in [5, 5.41) is 31.4. The first kappa shape index (κ1) is 25.7. The van der Waals surface area contributed by atoms with Gasteiger partial charge in [-0.15, -0.1) is 10.2 Å².